The van der Waals surface area contributed by atoms with Crippen molar-refractivity contribution in [3.63, 3.8) is 0 Å². The van der Waals surface area contributed by atoms with Crippen LogP contribution in [-0.2, 0) is 11.2 Å². The van der Waals surface area contributed by atoms with Gasteiger partial charge in [-0.15, -0.1) is 0 Å². The second kappa shape index (κ2) is 6.39. The minimum absolute atomic E-state index is 0.461. The molecule has 0 radical (unpaired) electrons. The SMILES string of the molecule is O=C(O)[C@H](CCc1ccc(Cl)cc1)c1ccccc1. The number of benzene rings is 2. The molecule has 0 unspecified atom stereocenters. The standard InChI is InChI=1S/C16H15ClO2/c17-14-9-6-12(7-10-14)8-11-15(16(18)19)13-4-2-1-3-5-13/h1-7,9-10,15H,8,11H2,(H,18,19)/t15-/m1/s1. The first-order valence-corrected chi connectivity index (χ1v) is 6.57. The predicted molar refractivity (Wildman–Crippen MR) is 76.6 cm³/mol. The number of rotatable bonds is 5. The molecule has 2 rings (SSSR count). The van der Waals surface area contributed by atoms with Crippen molar-refractivity contribution in [2.24, 2.45) is 0 Å². The maximum atomic E-state index is 11.4. The maximum absolute atomic E-state index is 11.4. The minimum atomic E-state index is -0.778. The molecule has 98 valence electrons. The van der Waals surface area contributed by atoms with Crippen LogP contribution >= 0.6 is 11.6 Å². The van der Waals surface area contributed by atoms with Gasteiger partial charge in [0, 0.05) is 5.02 Å². The van der Waals surface area contributed by atoms with Crippen molar-refractivity contribution < 1.29 is 9.90 Å². The third-order valence-corrected chi connectivity index (χ3v) is 3.39. The van der Waals surface area contributed by atoms with Gasteiger partial charge in [0.05, 0.1) is 5.92 Å². The fourth-order valence-corrected chi connectivity index (χ4v) is 2.21. The Labute approximate surface area is 117 Å². The van der Waals surface area contributed by atoms with E-state index < -0.39 is 11.9 Å². The van der Waals surface area contributed by atoms with E-state index in [-0.39, 0.29) is 0 Å². The van der Waals surface area contributed by atoms with Gasteiger partial charge in [0.25, 0.3) is 0 Å². The first kappa shape index (κ1) is 13.6. The van der Waals surface area contributed by atoms with E-state index >= 15 is 0 Å². The van der Waals surface area contributed by atoms with Crippen LogP contribution in [0.4, 0.5) is 0 Å². The van der Waals surface area contributed by atoms with E-state index in [1.165, 1.54) is 0 Å². The van der Waals surface area contributed by atoms with Crippen LogP contribution in [-0.4, -0.2) is 11.1 Å². The molecule has 0 saturated carbocycles. The summed E-state index contributed by atoms with van der Waals surface area (Å²) >= 11 is 5.83. The monoisotopic (exact) mass is 274 g/mol. The quantitative estimate of drug-likeness (QED) is 0.890. The highest BCUT2D eigenvalue weighted by Gasteiger charge is 2.19. The lowest BCUT2D eigenvalue weighted by Crippen LogP contribution is -2.12. The average molecular weight is 275 g/mol. The van der Waals surface area contributed by atoms with Gasteiger partial charge in [0.2, 0.25) is 0 Å². The smallest absolute Gasteiger partial charge is 0.310 e. The Kier molecular flexibility index (Phi) is 4.58. The number of hydrogen-bond acceptors (Lipinski definition) is 1. The number of halogens is 1. The van der Waals surface area contributed by atoms with Gasteiger partial charge in [-0.2, -0.15) is 0 Å². The van der Waals surface area contributed by atoms with E-state index in [0.29, 0.717) is 11.4 Å². The van der Waals surface area contributed by atoms with E-state index in [9.17, 15) is 9.90 Å². The topological polar surface area (TPSA) is 37.3 Å². The largest absolute Gasteiger partial charge is 0.481 e. The summed E-state index contributed by atoms with van der Waals surface area (Å²) in [5.74, 6) is -1.24. The van der Waals surface area contributed by atoms with Gasteiger partial charge in [0.15, 0.2) is 0 Å². The van der Waals surface area contributed by atoms with Crippen LogP contribution in [0.1, 0.15) is 23.5 Å². The third-order valence-electron chi connectivity index (χ3n) is 3.13. The lowest BCUT2D eigenvalue weighted by molar-refractivity contribution is -0.138. The first-order chi connectivity index (χ1) is 9.16. The maximum Gasteiger partial charge on any atom is 0.310 e. The van der Waals surface area contributed by atoms with Crippen molar-refractivity contribution in [1.29, 1.82) is 0 Å². The molecule has 1 N–H and O–H groups in total. The number of carbonyl (C=O) groups is 1. The first-order valence-electron chi connectivity index (χ1n) is 6.19. The van der Waals surface area contributed by atoms with Crippen molar-refractivity contribution in [1.82, 2.24) is 0 Å². The fourth-order valence-electron chi connectivity index (χ4n) is 2.08. The molecule has 1 atom stereocenters. The zero-order valence-electron chi connectivity index (χ0n) is 10.4. The molecule has 0 aromatic heterocycles. The highest BCUT2D eigenvalue weighted by molar-refractivity contribution is 6.30. The molecular formula is C16H15ClO2. The molecule has 0 aliphatic carbocycles. The molecule has 0 aliphatic heterocycles. The molecule has 0 amide bonds. The van der Waals surface area contributed by atoms with Gasteiger partial charge in [0.1, 0.15) is 0 Å². The normalized spacial score (nSPS) is 12.1. The van der Waals surface area contributed by atoms with Crippen molar-refractivity contribution in [3.8, 4) is 0 Å². The fraction of sp³-hybridized carbons (Fsp3) is 0.188. The Hall–Kier alpha value is -1.80. The van der Waals surface area contributed by atoms with Gasteiger partial charge in [-0.1, -0.05) is 54.1 Å². The summed E-state index contributed by atoms with van der Waals surface area (Å²) < 4.78 is 0. The molecule has 0 heterocycles. The number of hydrogen-bond donors (Lipinski definition) is 1. The summed E-state index contributed by atoms with van der Waals surface area (Å²) in [6.45, 7) is 0. The minimum Gasteiger partial charge on any atom is -0.481 e. The summed E-state index contributed by atoms with van der Waals surface area (Å²) in [6.07, 6.45) is 1.31. The summed E-state index contributed by atoms with van der Waals surface area (Å²) in [5.41, 5.74) is 1.95. The molecule has 3 heteroatoms. The van der Waals surface area contributed by atoms with Gasteiger partial charge in [-0.25, -0.2) is 0 Å². The number of carboxylic acids is 1. The molecule has 0 saturated heterocycles. The highest BCUT2D eigenvalue weighted by Crippen LogP contribution is 2.22. The lowest BCUT2D eigenvalue weighted by atomic mass is 9.92. The van der Waals surface area contributed by atoms with Crippen LogP contribution < -0.4 is 0 Å². The highest BCUT2D eigenvalue weighted by atomic mass is 35.5. The van der Waals surface area contributed by atoms with Crippen molar-refractivity contribution in [3.05, 3.63) is 70.7 Å². The second-order valence-electron chi connectivity index (χ2n) is 4.47. The molecule has 2 aromatic rings. The van der Waals surface area contributed by atoms with Crippen LogP contribution in [0.3, 0.4) is 0 Å². The van der Waals surface area contributed by atoms with Crippen LogP contribution in [0.2, 0.25) is 5.02 Å². The van der Waals surface area contributed by atoms with E-state index in [2.05, 4.69) is 0 Å². The van der Waals surface area contributed by atoms with Crippen LogP contribution in [0, 0.1) is 0 Å². The van der Waals surface area contributed by atoms with Gasteiger partial charge in [-0.05, 0) is 36.1 Å². The van der Waals surface area contributed by atoms with Crippen LogP contribution in [0.5, 0.6) is 0 Å². The molecular weight excluding hydrogens is 260 g/mol. The van der Waals surface area contributed by atoms with Crippen LogP contribution in [0.15, 0.2) is 54.6 Å². The number of aryl methyl sites for hydroxylation is 1. The molecule has 0 aliphatic rings. The Morgan fingerprint density at radius 1 is 1.05 bits per heavy atom. The molecule has 0 spiro atoms. The Morgan fingerprint density at radius 2 is 1.68 bits per heavy atom. The van der Waals surface area contributed by atoms with E-state index in [1.54, 1.807) is 0 Å². The summed E-state index contributed by atoms with van der Waals surface area (Å²) in [4.78, 5) is 11.4. The molecule has 0 fully saturated rings. The summed E-state index contributed by atoms with van der Waals surface area (Å²) in [5, 5.41) is 10.0. The predicted octanol–water partition coefficient (Wildman–Crippen LogP) is 4.14. The lowest BCUT2D eigenvalue weighted by Gasteiger charge is -2.12. The summed E-state index contributed by atoms with van der Waals surface area (Å²) in [7, 11) is 0. The average Bonchev–Trinajstić information content (AvgIpc) is 2.42. The van der Waals surface area contributed by atoms with Gasteiger partial charge in [-0.3, -0.25) is 4.79 Å². The van der Waals surface area contributed by atoms with Crippen LogP contribution in [0.25, 0.3) is 0 Å². The number of carboxylic acid groups (broad SMARTS) is 1. The number of aliphatic carboxylic acids is 1. The second-order valence-corrected chi connectivity index (χ2v) is 4.90. The van der Waals surface area contributed by atoms with Crippen molar-refractivity contribution >= 4 is 17.6 Å². The Morgan fingerprint density at radius 3 is 2.26 bits per heavy atom. The molecule has 19 heavy (non-hydrogen) atoms. The zero-order valence-corrected chi connectivity index (χ0v) is 11.2. The van der Waals surface area contributed by atoms with E-state index in [1.807, 2.05) is 54.6 Å². The van der Waals surface area contributed by atoms with E-state index in [4.69, 9.17) is 11.6 Å². The van der Waals surface area contributed by atoms with Gasteiger partial charge < -0.3 is 5.11 Å². The zero-order chi connectivity index (χ0) is 13.7. The Bertz CT molecular complexity index is 534. The Balaban J connectivity index is 2.06. The van der Waals surface area contributed by atoms with E-state index in [0.717, 1.165) is 17.5 Å². The molecule has 2 nitrogen and oxygen atoms in total. The van der Waals surface area contributed by atoms with Crippen molar-refractivity contribution in [2.45, 2.75) is 18.8 Å². The van der Waals surface area contributed by atoms with Gasteiger partial charge >= 0.3 is 5.97 Å². The molecule has 0 bridgehead atoms. The van der Waals surface area contributed by atoms with Crippen molar-refractivity contribution in [2.75, 3.05) is 0 Å². The third kappa shape index (κ3) is 3.83. The summed E-state index contributed by atoms with van der Waals surface area (Å²) in [6, 6.07) is 16.9. The molecule has 2 aromatic carbocycles.